The molecule has 0 heterocycles. The summed E-state index contributed by atoms with van der Waals surface area (Å²) in [6, 6.07) is 0. The van der Waals surface area contributed by atoms with Crippen molar-refractivity contribution in [2.75, 3.05) is 0 Å². The van der Waals surface area contributed by atoms with E-state index in [-0.39, 0.29) is 0 Å². The minimum absolute atomic E-state index is 0.413. The van der Waals surface area contributed by atoms with E-state index in [4.69, 9.17) is 5.73 Å². The number of hydrogen-bond donors (Lipinski definition) is 1. The first-order valence-electron chi connectivity index (χ1n) is 2.02. The van der Waals surface area contributed by atoms with Gasteiger partial charge in [-0.2, -0.15) is 0 Å². The van der Waals surface area contributed by atoms with Crippen molar-refractivity contribution in [3.63, 3.8) is 0 Å². The summed E-state index contributed by atoms with van der Waals surface area (Å²) >= 11 is 0. The minimum atomic E-state index is -0.413. The van der Waals surface area contributed by atoms with E-state index < -0.39 is 5.91 Å². The molecule has 0 rings (SSSR count). The molecule has 1 amide bonds. The summed E-state index contributed by atoms with van der Waals surface area (Å²) in [4.78, 5) is 9.87. The van der Waals surface area contributed by atoms with Gasteiger partial charge in [0.15, 0.2) is 0 Å². The molecule has 0 spiro atoms. The highest BCUT2D eigenvalue weighted by Gasteiger charge is 1.75. The van der Waals surface area contributed by atoms with Crippen LogP contribution in [0.25, 0.3) is 0 Å². The van der Waals surface area contributed by atoms with E-state index in [0.29, 0.717) is 6.42 Å². The highest BCUT2D eigenvalue weighted by atomic mass is 16.1. The van der Waals surface area contributed by atoms with Crippen LogP contribution in [0.15, 0.2) is 12.2 Å². The van der Waals surface area contributed by atoms with Gasteiger partial charge in [-0.3, -0.25) is 4.79 Å². The Morgan fingerprint density at radius 2 is 2.43 bits per heavy atom. The van der Waals surface area contributed by atoms with E-state index in [2.05, 4.69) is 6.92 Å². The normalized spacial score (nSPS) is 9.86. The molecule has 2 nitrogen and oxygen atoms in total. The number of carbonyl (C=O) groups excluding carboxylic acids is 1. The number of primary amides is 1. The molecule has 39 valence electrons. The van der Waals surface area contributed by atoms with Crippen LogP contribution >= 0.6 is 0 Å². The van der Waals surface area contributed by atoms with Crippen molar-refractivity contribution in [2.24, 2.45) is 5.73 Å². The van der Waals surface area contributed by atoms with Crippen LogP contribution in [0, 0.1) is 6.92 Å². The zero-order valence-electron chi connectivity index (χ0n) is 4.05. The summed E-state index contributed by atoms with van der Waals surface area (Å²) in [5.41, 5.74) is 4.72. The Kier molecular flexibility index (Phi) is 3.02. The zero-order valence-corrected chi connectivity index (χ0v) is 4.05. The molecule has 7 heavy (non-hydrogen) atoms. The third-order valence-electron chi connectivity index (χ3n) is 0.449. The number of rotatable bonds is 2. The molecule has 0 bridgehead atoms. The number of carbonyl (C=O) groups is 1. The van der Waals surface area contributed by atoms with Crippen LogP contribution in [0.5, 0.6) is 0 Å². The van der Waals surface area contributed by atoms with Crippen molar-refractivity contribution in [1.29, 1.82) is 0 Å². The van der Waals surface area contributed by atoms with Crippen LogP contribution in [-0.4, -0.2) is 5.91 Å². The first kappa shape index (κ1) is 6.21. The molecule has 0 unspecified atom stereocenters. The molecule has 1 radical (unpaired) electrons. The highest BCUT2D eigenvalue weighted by molar-refractivity contribution is 5.85. The van der Waals surface area contributed by atoms with E-state index in [0.717, 1.165) is 0 Å². The predicted molar refractivity (Wildman–Crippen MR) is 28.3 cm³/mol. The first-order chi connectivity index (χ1) is 3.27. The summed E-state index contributed by atoms with van der Waals surface area (Å²) in [5, 5.41) is 0. The van der Waals surface area contributed by atoms with Crippen molar-refractivity contribution in [1.82, 2.24) is 0 Å². The fourth-order valence-electron chi connectivity index (χ4n) is 0.199. The van der Waals surface area contributed by atoms with E-state index >= 15 is 0 Å². The monoisotopic (exact) mass is 98.1 g/mol. The second kappa shape index (κ2) is 3.40. The maximum absolute atomic E-state index is 9.87. The zero-order chi connectivity index (χ0) is 5.70. The van der Waals surface area contributed by atoms with Gasteiger partial charge in [-0.15, -0.1) is 0 Å². The largest absolute Gasteiger partial charge is 0.366 e. The van der Waals surface area contributed by atoms with Gasteiger partial charge in [-0.1, -0.05) is 6.08 Å². The van der Waals surface area contributed by atoms with E-state index in [1.165, 1.54) is 6.08 Å². The molecule has 2 N–H and O–H groups in total. The van der Waals surface area contributed by atoms with Crippen LogP contribution in [0.4, 0.5) is 0 Å². The highest BCUT2D eigenvalue weighted by Crippen LogP contribution is 1.74. The molecule has 0 aliphatic rings. The molecule has 0 fully saturated rings. The lowest BCUT2D eigenvalue weighted by Gasteiger charge is -1.74. The maximum Gasteiger partial charge on any atom is 0.241 e. The average molecular weight is 98.1 g/mol. The van der Waals surface area contributed by atoms with Crippen LogP contribution in [0.2, 0.25) is 0 Å². The summed E-state index contributed by atoms with van der Waals surface area (Å²) in [6.07, 6.45) is 3.53. The summed E-state index contributed by atoms with van der Waals surface area (Å²) < 4.78 is 0. The van der Waals surface area contributed by atoms with Crippen molar-refractivity contribution in [2.45, 2.75) is 6.42 Å². The molecule has 0 aromatic heterocycles. The standard InChI is InChI=1S/C5H8NO/c1-2-3-4-5(6)7/h3-4H,1-2H2,(H2,6,7). The number of hydrogen-bond acceptors (Lipinski definition) is 1. The Morgan fingerprint density at radius 1 is 1.86 bits per heavy atom. The second-order valence-corrected chi connectivity index (χ2v) is 1.09. The first-order valence-corrected chi connectivity index (χ1v) is 2.02. The second-order valence-electron chi connectivity index (χ2n) is 1.09. The van der Waals surface area contributed by atoms with Crippen molar-refractivity contribution in [3.05, 3.63) is 19.1 Å². The van der Waals surface area contributed by atoms with Gasteiger partial charge in [0.1, 0.15) is 0 Å². The minimum Gasteiger partial charge on any atom is -0.366 e. The van der Waals surface area contributed by atoms with Gasteiger partial charge < -0.3 is 5.73 Å². The Balaban J connectivity index is 3.26. The smallest absolute Gasteiger partial charge is 0.241 e. The van der Waals surface area contributed by atoms with Gasteiger partial charge in [0.2, 0.25) is 5.91 Å². The van der Waals surface area contributed by atoms with Crippen molar-refractivity contribution < 1.29 is 4.79 Å². The van der Waals surface area contributed by atoms with Gasteiger partial charge in [-0.25, -0.2) is 0 Å². The number of amides is 1. The molecule has 2 heteroatoms. The molecule has 0 aliphatic carbocycles. The molecule has 0 atom stereocenters. The molecular formula is C5H8NO. The van der Waals surface area contributed by atoms with E-state index in [1.54, 1.807) is 6.08 Å². The fraction of sp³-hybridized carbons (Fsp3) is 0.200. The molecule has 0 aromatic carbocycles. The van der Waals surface area contributed by atoms with Gasteiger partial charge in [-0.05, 0) is 19.4 Å². The lowest BCUT2D eigenvalue weighted by molar-refractivity contribution is -0.113. The van der Waals surface area contributed by atoms with Crippen LogP contribution in [0.1, 0.15) is 6.42 Å². The third-order valence-corrected chi connectivity index (χ3v) is 0.449. The number of nitrogens with two attached hydrogens (primary N) is 1. The molecule has 0 saturated heterocycles. The predicted octanol–water partition coefficient (Wildman–Crippen LogP) is 0.252. The third kappa shape index (κ3) is 5.21. The van der Waals surface area contributed by atoms with Crippen molar-refractivity contribution >= 4 is 5.91 Å². The van der Waals surface area contributed by atoms with Gasteiger partial charge in [0.05, 0.1) is 0 Å². The number of allylic oxidation sites excluding steroid dienone is 1. The average Bonchev–Trinajstić information content (AvgIpc) is 1.61. The maximum atomic E-state index is 9.87. The fourth-order valence-corrected chi connectivity index (χ4v) is 0.199. The summed E-state index contributed by atoms with van der Waals surface area (Å²) in [5.74, 6) is -0.413. The van der Waals surface area contributed by atoms with Crippen LogP contribution < -0.4 is 5.73 Å². The van der Waals surface area contributed by atoms with E-state index in [9.17, 15) is 4.79 Å². The Labute approximate surface area is 43.0 Å². The topological polar surface area (TPSA) is 43.1 Å². The lowest BCUT2D eigenvalue weighted by Crippen LogP contribution is -2.04. The van der Waals surface area contributed by atoms with Gasteiger partial charge in [0.25, 0.3) is 0 Å². The summed E-state index contributed by atoms with van der Waals surface area (Å²) in [6.45, 7) is 3.46. The molecular weight excluding hydrogens is 90.1 g/mol. The Morgan fingerprint density at radius 3 is 2.57 bits per heavy atom. The van der Waals surface area contributed by atoms with E-state index in [1.807, 2.05) is 0 Å². The quantitative estimate of drug-likeness (QED) is 0.494. The molecule has 0 aromatic rings. The van der Waals surface area contributed by atoms with Crippen LogP contribution in [0.3, 0.4) is 0 Å². The lowest BCUT2D eigenvalue weighted by atomic mass is 10.4. The molecule has 0 aliphatic heterocycles. The molecule has 0 saturated carbocycles. The Bertz CT molecular complexity index is 86.1. The van der Waals surface area contributed by atoms with Gasteiger partial charge in [0, 0.05) is 0 Å². The van der Waals surface area contributed by atoms with Crippen LogP contribution in [-0.2, 0) is 4.79 Å². The Hall–Kier alpha value is -0.790. The van der Waals surface area contributed by atoms with Gasteiger partial charge >= 0.3 is 0 Å². The summed E-state index contributed by atoms with van der Waals surface area (Å²) in [7, 11) is 0. The SMILES string of the molecule is [CH2]CC=CC(N)=O. The van der Waals surface area contributed by atoms with Crippen molar-refractivity contribution in [3.8, 4) is 0 Å².